The van der Waals surface area contributed by atoms with Crippen LogP contribution in [0.1, 0.15) is 48.5 Å². The zero-order valence-electron chi connectivity index (χ0n) is 14.4. The average molecular weight is 318 g/mol. The summed E-state index contributed by atoms with van der Waals surface area (Å²) in [5.41, 5.74) is 1.97. The molecule has 0 saturated heterocycles. The average Bonchev–Trinajstić information content (AvgIpc) is 2.65. The summed E-state index contributed by atoms with van der Waals surface area (Å²) in [6, 6.07) is 19.8. The molecule has 1 nitrogen and oxygen atoms in total. The van der Waals surface area contributed by atoms with Gasteiger partial charge in [-0.25, -0.2) is 0 Å². The third-order valence-corrected chi connectivity index (χ3v) is 4.06. The zero-order chi connectivity index (χ0) is 17.0. The maximum absolute atomic E-state index is 12.1. The standard InChI is InChI=1S/C23H26O/c1-2-3-11-20(18-19-21-12-6-4-7-13-21)14-10-17-23(24)22-15-8-5-9-16-22/h4-10,12-13,15-20H,2-3,11,14H2,1H3. The van der Waals surface area contributed by atoms with Gasteiger partial charge >= 0.3 is 0 Å². The molecule has 1 atom stereocenters. The van der Waals surface area contributed by atoms with Crippen LogP contribution in [0.3, 0.4) is 0 Å². The summed E-state index contributed by atoms with van der Waals surface area (Å²) in [5.74, 6) is 0.557. The minimum atomic E-state index is 0.0804. The lowest BCUT2D eigenvalue weighted by Gasteiger charge is -2.09. The van der Waals surface area contributed by atoms with E-state index in [9.17, 15) is 4.79 Å². The lowest BCUT2D eigenvalue weighted by molar-refractivity contribution is 0.104. The number of ketones is 1. The molecular weight excluding hydrogens is 292 g/mol. The Labute approximate surface area is 145 Å². The number of carbonyl (C=O) groups is 1. The molecule has 0 amide bonds. The van der Waals surface area contributed by atoms with Crippen molar-refractivity contribution in [3.8, 4) is 0 Å². The fourth-order valence-corrected chi connectivity index (χ4v) is 2.62. The van der Waals surface area contributed by atoms with Gasteiger partial charge in [-0.15, -0.1) is 0 Å². The van der Waals surface area contributed by atoms with Crippen molar-refractivity contribution in [1.82, 2.24) is 0 Å². The first-order valence-corrected chi connectivity index (χ1v) is 8.78. The van der Waals surface area contributed by atoms with Gasteiger partial charge in [0.15, 0.2) is 5.78 Å². The quantitative estimate of drug-likeness (QED) is 0.390. The fraction of sp³-hybridized carbons (Fsp3) is 0.261. The van der Waals surface area contributed by atoms with E-state index in [4.69, 9.17) is 0 Å². The van der Waals surface area contributed by atoms with Crippen molar-refractivity contribution in [2.45, 2.75) is 32.6 Å². The first kappa shape index (κ1) is 17.9. The Balaban J connectivity index is 1.94. The lowest BCUT2D eigenvalue weighted by Crippen LogP contribution is -1.97. The largest absolute Gasteiger partial charge is 0.289 e. The molecule has 0 fully saturated rings. The highest BCUT2D eigenvalue weighted by Gasteiger charge is 2.04. The molecule has 2 aromatic carbocycles. The molecule has 0 heterocycles. The third-order valence-electron chi connectivity index (χ3n) is 4.06. The van der Waals surface area contributed by atoms with E-state index in [-0.39, 0.29) is 5.78 Å². The Hall–Kier alpha value is -2.41. The Bertz CT molecular complexity index is 653. The first-order valence-electron chi connectivity index (χ1n) is 8.78. The van der Waals surface area contributed by atoms with E-state index in [0.717, 1.165) is 18.4 Å². The van der Waals surface area contributed by atoms with Crippen molar-refractivity contribution in [2.75, 3.05) is 0 Å². The van der Waals surface area contributed by atoms with Gasteiger partial charge in [0, 0.05) is 5.56 Å². The molecule has 0 spiro atoms. The number of unbranched alkanes of at least 4 members (excludes halogenated alkanes) is 1. The molecule has 0 aliphatic rings. The van der Waals surface area contributed by atoms with Crippen molar-refractivity contribution in [1.29, 1.82) is 0 Å². The van der Waals surface area contributed by atoms with Gasteiger partial charge in [0.1, 0.15) is 0 Å². The normalized spacial score (nSPS) is 12.7. The molecule has 2 rings (SSSR count). The molecule has 1 heteroatoms. The minimum Gasteiger partial charge on any atom is -0.289 e. The first-order chi connectivity index (χ1) is 11.8. The summed E-state index contributed by atoms with van der Waals surface area (Å²) in [6.45, 7) is 2.22. The van der Waals surface area contributed by atoms with Crippen molar-refractivity contribution in [3.05, 3.63) is 90.0 Å². The van der Waals surface area contributed by atoms with Crippen molar-refractivity contribution >= 4 is 11.9 Å². The van der Waals surface area contributed by atoms with Crippen LogP contribution in [0.2, 0.25) is 0 Å². The molecule has 0 aromatic heterocycles. The molecule has 0 N–H and O–H groups in total. The van der Waals surface area contributed by atoms with E-state index < -0.39 is 0 Å². The summed E-state index contributed by atoms with van der Waals surface area (Å²) in [6.07, 6.45) is 12.7. The summed E-state index contributed by atoms with van der Waals surface area (Å²) in [5, 5.41) is 0. The maximum Gasteiger partial charge on any atom is 0.185 e. The number of rotatable bonds is 9. The number of carbonyl (C=O) groups excluding carboxylic acids is 1. The number of hydrogen-bond donors (Lipinski definition) is 0. The summed E-state index contributed by atoms with van der Waals surface area (Å²) in [7, 11) is 0. The monoisotopic (exact) mass is 318 g/mol. The summed E-state index contributed by atoms with van der Waals surface area (Å²) < 4.78 is 0. The van der Waals surface area contributed by atoms with Crippen LogP contribution in [0.5, 0.6) is 0 Å². The predicted octanol–water partition coefficient (Wildman–Crippen LogP) is 6.34. The highest BCUT2D eigenvalue weighted by molar-refractivity contribution is 6.04. The van der Waals surface area contributed by atoms with Gasteiger partial charge in [-0.05, 0) is 30.4 Å². The second-order valence-electron chi connectivity index (χ2n) is 6.04. The fourth-order valence-electron chi connectivity index (χ4n) is 2.62. The van der Waals surface area contributed by atoms with Crippen LogP contribution in [0.4, 0.5) is 0 Å². The topological polar surface area (TPSA) is 17.1 Å². The van der Waals surface area contributed by atoms with Gasteiger partial charge in [-0.2, -0.15) is 0 Å². The molecule has 24 heavy (non-hydrogen) atoms. The van der Waals surface area contributed by atoms with E-state index in [1.165, 1.54) is 18.4 Å². The van der Waals surface area contributed by atoms with Gasteiger partial charge in [0.25, 0.3) is 0 Å². The molecular formula is C23H26O. The Kier molecular flexibility index (Phi) is 7.76. The van der Waals surface area contributed by atoms with Crippen LogP contribution in [0.15, 0.2) is 78.9 Å². The van der Waals surface area contributed by atoms with Gasteiger partial charge in [-0.1, -0.05) is 98.7 Å². The molecule has 0 bridgehead atoms. The van der Waals surface area contributed by atoms with Crippen molar-refractivity contribution in [2.24, 2.45) is 5.92 Å². The highest BCUT2D eigenvalue weighted by atomic mass is 16.1. The molecule has 0 saturated carbocycles. The second kappa shape index (κ2) is 10.4. The van der Waals surface area contributed by atoms with Gasteiger partial charge < -0.3 is 0 Å². The third kappa shape index (κ3) is 6.37. The maximum atomic E-state index is 12.1. The SMILES string of the molecule is CCCCC(C=Cc1ccccc1)CC=CC(=O)c1ccccc1. The molecule has 0 aliphatic heterocycles. The summed E-state index contributed by atoms with van der Waals surface area (Å²) >= 11 is 0. The van der Waals surface area contributed by atoms with Gasteiger partial charge in [0.2, 0.25) is 0 Å². The zero-order valence-corrected chi connectivity index (χ0v) is 14.4. The lowest BCUT2D eigenvalue weighted by atomic mass is 9.96. The summed E-state index contributed by atoms with van der Waals surface area (Å²) in [4.78, 5) is 12.1. The molecule has 0 radical (unpaired) electrons. The number of allylic oxidation sites excluding steroid dienone is 3. The van der Waals surface area contributed by atoms with Crippen LogP contribution in [0.25, 0.3) is 6.08 Å². The second-order valence-corrected chi connectivity index (χ2v) is 6.04. The van der Waals surface area contributed by atoms with E-state index in [1.807, 2.05) is 42.5 Å². The highest BCUT2D eigenvalue weighted by Crippen LogP contribution is 2.17. The van der Waals surface area contributed by atoms with Crippen LogP contribution in [-0.2, 0) is 0 Å². The van der Waals surface area contributed by atoms with Gasteiger partial charge in [-0.3, -0.25) is 4.79 Å². The predicted molar refractivity (Wildman–Crippen MR) is 103 cm³/mol. The van der Waals surface area contributed by atoms with Crippen LogP contribution < -0.4 is 0 Å². The van der Waals surface area contributed by atoms with Crippen molar-refractivity contribution in [3.63, 3.8) is 0 Å². The van der Waals surface area contributed by atoms with Crippen molar-refractivity contribution < 1.29 is 4.79 Å². The van der Waals surface area contributed by atoms with Crippen LogP contribution >= 0.6 is 0 Å². The van der Waals surface area contributed by atoms with E-state index in [0.29, 0.717) is 5.92 Å². The van der Waals surface area contributed by atoms with Crippen LogP contribution in [-0.4, -0.2) is 5.78 Å². The van der Waals surface area contributed by atoms with E-state index in [1.54, 1.807) is 6.08 Å². The number of benzene rings is 2. The molecule has 2 aromatic rings. The Morgan fingerprint density at radius 3 is 2.33 bits per heavy atom. The molecule has 0 aliphatic carbocycles. The Morgan fingerprint density at radius 2 is 1.67 bits per heavy atom. The number of hydrogen-bond acceptors (Lipinski definition) is 1. The molecule has 1 unspecified atom stereocenters. The van der Waals surface area contributed by atoms with Crippen LogP contribution in [0, 0.1) is 5.92 Å². The Morgan fingerprint density at radius 1 is 1.00 bits per heavy atom. The van der Waals surface area contributed by atoms with E-state index >= 15 is 0 Å². The minimum absolute atomic E-state index is 0.0804. The van der Waals surface area contributed by atoms with E-state index in [2.05, 4.69) is 43.3 Å². The molecule has 124 valence electrons. The van der Waals surface area contributed by atoms with Gasteiger partial charge in [0.05, 0.1) is 0 Å². The smallest absolute Gasteiger partial charge is 0.185 e.